The predicted molar refractivity (Wildman–Crippen MR) is 80.4 cm³/mol. The maximum Gasteiger partial charge on any atom is 0.319 e. The fourth-order valence-electron chi connectivity index (χ4n) is 1.65. The second-order valence-electron chi connectivity index (χ2n) is 4.72. The van der Waals surface area contributed by atoms with Crippen LogP contribution in [0.3, 0.4) is 0 Å². The SMILES string of the molecule is C=CCNC(=O)[C@@H](NC(=O)Nc1ccccc1)C(C)C. The van der Waals surface area contributed by atoms with Crippen molar-refractivity contribution in [3.05, 3.63) is 43.0 Å². The maximum atomic E-state index is 11.9. The van der Waals surface area contributed by atoms with Crippen LogP contribution in [0.5, 0.6) is 0 Å². The first-order chi connectivity index (χ1) is 9.54. The Bertz CT molecular complexity index is 457. The monoisotopic (exact) mass is 275 g/mol. The predicted octanol–water partition coefficient (Wildman–Crippen LogP) is 2.13. The van der Waals surface area contributed by atoms with Crippen LogP contribution in [0.1, 0.15) is 13.8 Å². The Balaban J connectivity index is 2.59. The Labute approximate surface area is 119 Å². The van der Waals surface area contributed by atoms with Gasteiger partial charge >= 0.3 is 6.03 Å². The van der Waals surface area contributed by atoms with Gasteiger partial charge in [0.25, 0.3) is 0 Å². The molecule has 0 heterocycles. The Hall–Kier alpha value is -2.30. The minimum absolute atomic E-state index is 0.0126. The zero-order chi connectivity index (χ0) is 15.0. The van der Waals surface area contributed by atoms with Gasteiger partial charge in [-0.25, -0.2) is 4.79 Å². The lowest BCUT2D eigenvalue weighted by molar-refractivity contribution is -0.123. The number of carbonyl (C=O) groups excluding carboxylic acids is 2. The molecule has 1 aromatic rings. The van der Waals surface area contributed by atoms with Gasteiger partial charge in [-0.15, -0.1) is 6.58 Å². The molecule has 1 aromatic carbocycles. The van der Waals surface area contributed by atoms with Crippen molar-refractivity contribution in [2.45, 2.75) is 19.9 Å². The van der Waals surface area contributed by atoms with Gasteiger partial charge in [0.2, 0.25) is 5.91 Å². The molecule has 0 fully saturated rings. The van der Waals surface area contributed by atoms with Gasteiger partial charge in [0.05, 0.1) is 0 Å². The van der Waals surface area contributed by atoms with Crippen molar-refractivity contribution in [3.8, 4) is 0 Å². The number of rotatable bonds is 6. The highest BCUT2D eigenvalue weighted by molar-refractivity contribution is 5.93. The van der Waals surface area contributed by atoms with Crippen molar-refractivity contribution < 1.29 is 9.59 Å². The molecule has 0 aliphatic rings. The molecule has 5 heteroatoms. The molecule has 20 heavy (non-hydrogen) atoms. The van der Waals surface area contributed by atoms with E-state index >= 15 is 0 Å². The lowest BCUT2D eigenvalue weighted by atomic mass is 10.0. The Morgan fingerprint density at radius 1 is 1.25 bits per heavy atom. The van der Waals surface area contributed by atoms with Gasteiger partial charge in [0.15, 0.2) is 0 Å². The zero-order valence-electron chi connectivity index (χ0n) is 11.8. The summed E-state index contributed by atoms with van der Waals surface area (Å²) in [5, 5.41) is 8.05. The first kappa shape index (κ1) is 15.8. The van der Waals surface area contributed by atoms with E-state index in [1.165, 1.54) is 0 Å². The summed E-state index contributed by atoms with van der Waals surface area (Å²) in [5.74, 6) is -0.232. The van der Waals surface area contributed by atoms with Gasteiger partial charge in [-0.1, -0.05) is 38.1 Å². The third-order valence-electron chi connectivity index (χ3n) is 2.69. The second-order valence-corrected chi connectivity index (χ2v) is 4.72. The van der Waals surface area contributed by atoms with Gasteiger partial charge in [-0.2, -0.15) is 0 Å². The molecule has 0 radical (unpaired) electrons. The Morgan fingerprint density at radius 3 is 2.45 bits per heavy atom. The second kappa shape index (κ2) is 7.99. The summed E-state index contributed by atoms with van der Waals surface area (Å²) < 4.78 is 0. The van der Waals surface area contributed by atoms with E-state index in [-0.39, 0.29) is 11.8 Å². The van der Waals surface area contributed by atoms with Crippen LogP contribution >= 0.6 is 0 Å². The number of anilines is 1. The molecule has 0 saturated carbocycles. The Kier molecular flexibility index (Phi) is 6.29. The molecule has 0 bridgehead atoms. The molecule has 0 unspecified atom stereocenters. The van der Waals surface area contributed by atoms with Gasteiger partial charge in [0, 0.05) is 12.2 Å². The molecule has 1 atom stereocenters. The summed E-state index contributed by atoms with van der Waals surface area (Å²) in [4.78, 5) is 23.8. The maximum absolute atomic E-state index is 11.9. The van der Waals surface area contributed by atoms with Crippen molar-refractivity contribution in [2.24, 2.45) is 5.92 Å². The summed E-state index contributed by atoms with van der Waals surface area (Å²) in [5.41, 5.74) is 0.680. The first-order valence-electron chi connectivity index (χ1n) is 6.55. The van der Waals surface area contributed by atoms with E-state index in [1.807, 2.05) is 32.0 Å². The molecular formula is C15H21N3O2. The summed E-state index contributed by atoms with van der Waals surface area (Å²) in [7, 11) is 0. The van der Waals surface area contributed by atoms with Gasteiger partial charge < -0.3 is 16.0 Å². The minimum Gasteiger partial charge on any atom is -0.351 e. The lowest BCUT2D eigenvalue weighted by Gasteiger charge is -2.21. The molecule has 0 aliphatic carbocycles. The van der Waals surface area contributed by atoms with Crippen molar-refractivity contribution in [2.75, 3.05) is 11.9 Å². The van der Waals surface area contributed by atoms with Crippen LogP contribution in [0.25, 0.3) is 0 Å². The van der Waals surface area contributed by atoms with Crippen LogP contribution in [0.4, 0.5) is 10.5 Å². The largest absolute Gasteiger partial charge is 0.351 e. The number of hydrogen-bond donors (Lipinski definition) is 3. The third kappa shape index (κ3) is 5.14. The van der Waals surface area contributed by atoms with Crippen LogP contribution in [0, 0.1) is 5.92 Å². The van der Waals surface area contributed by atoms with Crippen LogP contribution < -0.4 is 16.0 Å². The summed E-state index contributed by atoms with van der Waals surface area (Å²) in [6.07, 6.45) is 1.60. The van der Waals surface area contributed by atoms with E-state index < -0.39 is 12.1 Å². The van der Waals surface area contributed by atoms with E-state index in [9.17, 15) is 9.59 Å². The van der Waals surface area contributed by atoms with Gasteiger partial charge in [0.1, 0.15) is 6.04 Å². The molecule has 108 valence electrons. The smallest absolute Gasteiger partial charge is 0.319 e. The van der Waals surface area contributed by atoms with E-state index in [2.05, 4.69) is 22.5 Å². The fourth-order valence-corrected chi connectivity index (χ4v) is 1.65. The van der Waals surface area contributed by atoms with Gasteiger partial charge in [-0.3, -0.25) is 4.79 Å². The quantitative estimate of drug-likeness (QED) is 0.696. The van der Waals surface area contributed by atoms with Crippen molar-refractivity contribution in [3.63, 3.8) is 0 Å². The summed E-state index contributed by atoms with van der Waals surface area (Å²) >= 11 is 0. The summed E-state index contributed by atoms with van der Waals surface area (Å²) in [6, 6.07) is 8.09. The molecule has 3 amide bonds. The number of benzene rings is 1. The lowest BCUT2D eigenvalue weighted by Crippen LogP contribution is -2.50. The number of nitrogens with one attached hydrogen (secondary N) is 3. The number of amides is 3. The highest BCUT2D eigenvalue weighted by Crippen LogP contribution is 2.06. The number of hydrogen-bond acceptors (Lipinski definition) is 2. The average Bonchev–Trinajstić information content (AvgIpc) is 2.43. The molecule has 0 spiro atoms. The average molecular weight is 275 g/mol. The fraction of sp³-hybridized carbons (Fsp3) is 0.333. The van der Waals surface area contributed by atoms with E-state index in [1.54, 1.807) is 18.2 Å². The van der Waals surface area contributed by atoms with Crippen molar-refractivity contribution in [1.82, 2.24) is 10.6 Å². The molecule has 5 nitrogen and oxygen atoms in total. The summed E-state index contributed by atoms with van der Waals surface area (Å²) in [6.45, 7) is 7.67. The molecule has 1 rings (SSSR count). The van der Waals surface area contributed by atoms with Crippen molar-refractivity contribution >= 4 is 17.6 Å². The van der Waals surface area contributed by atoms with E-state index in [0.717, 1.165) is 0 Å². The normalized spacial score (nSPS) is 11.6. The van der Waals surface area contributed by atoms with Crippen LogP contribution in [-0.2, 0) is 4.79 Å². The van der Waals surface area contributed by atoms with Crippen LogP contribution in [-0.4, -0.2) is 24.5 Å². The highest BCUT2D eigenvalue weighted by atomic mass is 16.2. The third-order valence-corrected chi connectivity index (χ3v) is 2.69. The van der Waals surface area contributed by atoms with E-state index in [4.69, 9.17) is 0 Å². The highest BCUT2D eigenvalue weighted by Gasteiger charge is 2.23. The molecule has 3 N–H and O–H groups in total. The number of carbonyl (C=O) groups is 2. The zero-order valence-corrected chi connectivity index (χ0v) is 11.8. The first-order valence-corrected chi connectivity index (χ1v) is 6.55. The minimum atomic E-state index is -0.585. The van der Waals surface area contributed by atoms with Gasteiger partial charge in [-0.05, 0) is 18.1 Å². The van der Waals surface area contributed by atoms with Crippen molar-refractivity contribution in [1.29, 1.82) is 0 Å². The molecule has 0 aliphatic heterocycles. The number of para-hydroxylation sites is 1. The number of urea groups is 1. The van der Waals surface area contributed by atoms with Crippen LogP contribution in [0.2, 0.25) is 0 Å². The standard InChI is InChI=1S/C15H21N3O2/c1-4-10-16-14(19)13(11(2)3)18-15(20)17-12-8-6-5-7-9-12/h4-9,11,13H,1,10H2,2-3H3,(H,16,19)(H2,17,18,20)/t13-/m0/s1. The topological polar surface area (TPSA) is 70.2 Å². The van der Waals surface area contributed by atoms with E-state index in [0.29, 0.717) is 12.2 Å². The van der Waals surface area contributed by atoms with Crippen LogP contribution in [0.15, 0.2) is 43.0 Å². The Morgan fingerprint density at radius 2 is 1.90 bits per heavy atom. The molecule has 0 aromatic heterocycles. The molecule has 0 saturated heterocycles. The molecular weight excluding hydrogens is 254 g/mol.